The van der Waals surface area contributed by atoms with Gasteiger partial charge in [0, 0.05) is 12.5 Å². The van der Waals surface area contributed by atoms with E-state index in [1.165, 1.54) is 34.3 Å². The number of ether oxygens (including phenoxy) is 4. The van der Waals surface area contributed by atoms with Crippen molar-refractivity contribution in [2.24, 2.45) is 0 Å². The number of thiazole rings is 1. The van der Waals surface area contributed by atoms with E-state index in [2.05, 4.69) is 20.9 Å². The predicted octanol–water partition coefficient (Wildman–Crippen LogP) is 4.82. The van der Waals surface area contributed by atoms with Crippen molar-refractivity contribution in [3.05, 3.63) is 81.6 Å². The molecule has 3 aromatic carbocycles. The second kappa shape index (κ2) is 14.3. The Morgan fingerprint density at radius 2 is 1.70 bits per heavy atom. The number of carbonyl (C=O) groups is 3. The molecule has 12 nitrogen and oxygen atoms in total. The maximum atomic E-state index is 13.6. The van der Waals surface area contributed by atoms with Crippen molar-refractivity contribution in [2.75, 3.05) is 45.6 Å². The summed E-state index contributed by atoms with van der Waals surface area (Å²) in [6.45, 7) is 1.16. The SMILES string of the molecule is COC(=O)c1nc(NC(=O)CNc2ccc3c(cc2=O)C(NC(C)=O)CCc2cc(OC)c(OC)c(OC)c2-3)sc1-c1ccccc1. The lowest BCUT2D eigenvalue weighted by atomic mass is 9.95. The van der Waals surface area contributed by atoms with E-state index in [1.54, 1.807) is 19.2 Å². The van der Waals surface area contributed by atoms with Gasteiger partial charge in [0.05, 0.1) is 51.6 Å². The Labute approximate surface area is 275 Å². The van der Waals surface area contributed by atoms with Crippen LogP contribution in [0.1, 0.15) is 41.0 Å². The molecule has 0 bridgehead atoms. The monoisotopic (exact) mass is 658 g/mol. The summed E-state index contributed by atoms with van der Waals surface area (Å²) in [5.74, 6) is -0.0230. The number of hydrogen-bond acceptors (Lipinski definition) is 11. The molecule has 1 atom stereocenters. The second-order valence-corrected chi connectivity index (χ2v) is 11.6. The van der Waals surface area contributed by atoms with Crippen molar-refractivity contribution in [2.45, 2.75) is 25.8 Å². The minimum Gasteiger partial charge on any atom is -0.493 e. The van der Waals surface area contributed by atoms with Crippen LogP contribution in [0, 0.1) is 0 Å². The van der Waals surface area contributed by atoms with Gasteiger partial charge in [0.15, 0.2) is 22.3 Å². The van der Waals surface area contributed by atoms with Crippen LogP contribution in [0.2, 0.25) is 0 Å². The molecule has 0 saturated carbocycles. The van der Waals surface area contributed by atoms with Gasteiger partial charge in [0.2, 0.25) is 23.0 Å². The van der Waals surface area contributed by atoms with Gasteiger partial charge >= 0.3 is 5.97 Å². The lowest BCUT2D eigenvalue weighted by molar-refractivity contribution is -0.119. The Bertz CT molecular complexity index is 1890. The van der Waals surface area contributed by atoms with Crippen LogP contribution >= 0.6 is 11.3 Å². The molecule has 1 unspecified atom stereocenters. The van der Waals surface area contributed by atoms with Gasteiger partial charge in [-0.2, -0.15) is 0 Å². The number of methoxy groups -OCH3 is 4. The summed E-state index contributed by atoms with van der Waals surface area (Å²) in [7, 11) is 5.85. The number of esters is 1. The number of hydrogen-bond donors (Lipinski definition) is 3. The fourth-order valence-electron chi connectivity index (χ4n) is 5.59. The average Bonchev–Trinajstić information content (AvgIpc) is 3.35. The third-order valence-electron chi connectivity index (χ3n) is 7.64. The van der Waals surface area contributed by atoms with Gasteiger partial charge in [-0.3, -0.25) is 14.4 Å². The zero-order chi connectivity index (χ0) is 33.7. The molecular formula is C34H34N4O8S. The Morgan fingerprint density at radius 3 is 2.36 bits per heavy atom. The summed E-state index contributed by atoms with van der Waals surface area (Å²) in [5, 5.41) is 8.80. The molecule has 1 aliphatic rings. The number of benzene rings is 2. The van der Waals surface area contributed by atoms with Crippen LogP contribution < -0.4 is 35.6 Å². The fraction of sp³-hybridized carbons (Fsp3) is 0.265. The average molecular weight is 659 g/mol. The molecule has 244 valence electrons. The van der Waals surface area contributed by atoms with E-state index < -0.39 is 17.9 Å². The zero-order valence-electron chi connectivity index (χ0n) is 26.5. The minimum atomic E-state index is -0.627. The Hall–Kier alpha value is -5.43. The van der Waals surface area contributed by atoms with Crippen LogP contribution in [0.3, 0.4) is 0 Å². The quantitative estimate of drug-likeness (QED) is 0.202. The highest BCUT2D eigenvalue weighted by molar-refractivity contribution is 7.19. The first-order chi connectivity index (χ1) is 22.7. The van der Waals surface area contributed by atoms with Gasteiger partial charge < -0.3 is 34.9 Å². The van der Waals surface area contributed by atoms with Crippen LogP contribution in [0.5, 0.6) is 17.2 Å². The smallest absolute Gasteiger partial charge is 0.358 e. The van der Waals surface area contributed by atoms with Gasteiger partial charge in [-0.25, -0.2) is 9.78 Å². The van der Waals surface area contributed by atoms with Gasteiger partial charge in [0.1, 0.15) is 0 Å². The lowest BCUT2D eigenvalue weighted by Gasteiger charge is -2.19. The molecule has 4 aromatic rings. The van der Waals surface area contributed by atoms with Crippen LogP contribution in [0.4, 0.5) is 10.8 Å². The van der Waals surface area contributed by atoms with Crippen molar-refractivity contribution in [1.29, 1.82) is 0 Å². The molecule has 47 heavy (non-hydrogen) atoms. The van der Waals surface area contributed by atoms with Gasteiger partial charge in [-0.1, -0.05) is 47.7 Å². The maximum Gasteiger partial charge on any atom is 0.358 e. The highest BCUT2D eigenvalue weighted by Gasteiger charge is 2.29. The first-order valence-corrected chi connectivity index (χ1v) is 15.5. The second-order valence-electron chi connectivity index (χ2n) is 10.6. The minimum absolute atomic E-state index is 0.0871. The van der Waals surface area contributed by atoms with Crippen molar-refractivity contribution < 1.29 is 33.3 Å². The van der Waals surface area contributed by atoms with E-state index in [0.29, 0.717) is 51.7 Å². The molecule has 5 rings (SSSR count). The van der Waals surface area contributed by atoms with E-state index in [-0.39, 0.29) is 34.4 Å². The molecule has 1 aliphatic carbocycles. The van der Waals surface area contributed by atoms with Crippen molar-refractivity contribution in [3.8, 4) is 38.8 Å². The van der Waals surface area contributed by atoms with Crippen LogP contribution in [-0.2, 0) is 20.7 Å². The van der Waals surface area contributed by atoms with Crippen LogP contribution in [-0.4, -0.2) is 57.8 Å². The molecule has 0 saturated heterocycles. The number of amides is 2. The number of anilines is 2. The first-order valence-electron chi connectivity index (χ1n) is 14.6. The number of nitrogens with zero attached hydrogens (tertiary/aromatic N) is 1. The van der Waals surface area contributed by atoms with Crippen LogP contribution in [0.15, 0.2) is 59.4 Å². The highest BCUT2D eigenvalue weighted by Crippen LogP contribution is 2.50. The molecule has 0 aliphatic heterocycles. The largest absolute Gasteiger partial charge is 0.493 e. The highest BCUT2D eigenvalue weighted by atomic mass is 32.1. The summed E-state index contributed by atoms with van der Waals surface area (Å²) in [6.07, 6.45) is 1.08. The Morgan fingerprint density at radius 1 is 0.957 bits per heavy atom. The number of aryl methyl sites for hydroxylation is 1. The Balaban J connectivity index is 1.47. The number of carbonyl (C=O) groups excluding carboxylic acids is 3. The molecule has 0 fully saturated rings. The summed E-state index contributed by atoms with van der Waals surface area (Å²) < 4.78 is 21.9. The molecule has 1 aromatic heterocycles. The topological polar surface area (TPSA) is 154 Å². The number of aromatic nitrogens is 1. The van der Waals surface area contributed by atoms with Crippen molar-refractivity contribution >= 4 is 39.9 Å². The zero-order valence-corrected chi connectivity index (χ0v) is 27.3. The van der Waals surface area contributed by atoms with E-state index in [1.807, 2.05) is 36.4 Å². The van der Waals surface area contributed by atoms with Crippen LogP contribution in [0.25, 0.3) is 21.6 Å². The summed E-state index contributed by atoms with van der Waals surface area (Å²) >= 11 is 1.14. The van der Waals surface area contributed by atoms with Crippen molar-refractivity contribution in [3.63, 3.8) is 0 Å². The third kappa shape index (κ3) is 6.89. The summed E-state index contributed by atoms with van der Waals surface area (Å²) in [6, 6.07) is 15.4. The van der Waals surface area contributed by atoms with Crippen molar-refractivity contribution in [1.82, 2.24) is 10.3 Å². The molecule has 13 heteroatoms. The number of nitrogens with one attached hydrogen (secondary N) is 3. The molecule has 1 heterocycles. The lowest BCUT2D eigenvalue weighted by Crippen LogP contribution is -2.27. The third-order valence-corrected chi connectivity index (χ3v) is 8.66. The number of rotatable bonds is 10. The fourth-order valence-corrected chi connectivity index (χ4v) is 6.56. The predicted molar refractivity (Wildman–Crippen MR) is 179 cm³/mol. The van der Waals surface area contributed by atoms with Gasteiger partial charge in [0.25, 0.3) is 0 Å². The van der Waals surface area contributed by atoms with Gasteiger partial charge in [-0.15, -0.1) is 0 Å². The summed E-state index contributed by atoms with van der Waals surface area (Å²) in [4.78, 5) is 56.0. The van der Waals surface area contributed by atoms with E-state index >= 15 is 0 Å². The normalized spacial score (nSPS) is 13.3. The van der Waals surface area contributed by atoms with E-state index in [4.69, 9.17) is 18.9 Å². The Kier molecular flexibility index (Phi) is 10.0. The maximum absolute atomic E-state index is 13.6. The number of fused-ring (bicyclic) bond motifs is 3. The molecule has 2 amide bonds. The summed E-state index contributed by atoms with van der Waals surface area (Å²) in [5.41, 5.74) is 3.49. The van der Waals surface area contributed by atoms with Gasteiger partial charge in [-0.05, 0) is 53.3 Å². The molecule has 0 spiro atoms. The van der Waals surface area contributed by atoms with E-state index in [0.717, 1.165) is 22.5 Å². The first kappa shape index (κ1) is 32.9. The molecule has 0 radical (unpaired) electrons. The molecule has 3 N–H and O–H groups in total. The molecular weight excluding hydrogens is 624 g/mol. The van der Waals surface area contributed by atoms with E-state index in [9.17, 15) is 19.2 Å². The standard InChI is InChI=1S/C34H34N4O8S/c1-18(39)36-23-13-11-20-15-26(43-2)30(44-3)31(45-4)28(20)21-12-14-24(25(40)16-22(21)23)35-17-27(41)37-34-38-29(33(42)46-5)32(47-34)19-9-7-6-8-10-19/h6-10,12,14-16,23H,11,13,17H2,1-5H3,(H,35,40)(H,36,39)(H,37,38,41).